The monoisotopic (exact) mass is 727 g/mol. The molecule has 0 aromatic carbocycles. The molecule has 0 fully saturated rings. The normalized spacial score (nSPS) is 12.8. The second kappa shape index (κ2) is 43.0. The summed E-state index contributed by atoms with van der Waals surface area (Å²) in [6.07, 6.45) is 56.0. The first-order valence-corrected chi connectivity index (χ1v) is 21.8. The topological polar surface area (TPSA) is 72.8 Å². The van der Waals surface area contributed by atoms with E-state index in [1.807, 2.05) is 0 Å². The van der Waals surface area contributed by atoms with Gasteiger partial charge in [0.05, 0.1) is 6.61 Å². The SMILES string of the molecule is CC/C=C/C/C=C/C/C=C/C/C=C/CCCCC(=O)OC[C@H](CO)OC(=O)CCC/C=C/CCCCCCCCCCCCCCCCCCCC. The maximum Gasteiger partial charge on any atom is 0.306 e. The number of aliphatic hydroxyl groups excluding tert-OH is 1. The molecule has 5 heteroatoms. The summed E-state index contributed by atoms with van der Waals surface area (Å²) in [5.41, 5.74) is 0. The Labute approximate surface area is 321 Å². The summed E-state index contributed by atoms with van der Waals surface area (Å²) in [6.45, 7) is 3.97. The second-order valence-corrected chi connectivity index (χ2v) is 14.4. The minimum Gasteiger partial charge on any atom is -0.462 e. The number of unbranched alkanes of at least 4 members (excludes halogenated alkanes) is 21. The maximum atomic E-state index is 12.2. The zero-order valence-corrected chi connectivity index (χ0v) is 34.1. The molecule has 1 N–H and O–H groups in total. The molecule has 0 aliphatic heterocycles. The van der Waals surface area contributed by atoms with E-state index < -0.39 is 6.10 Å². The number of aliphatic hydroxyl groups is 1. The van der Waals surface area contributed by atoms with Crippen molar-refractivity contribution in [3.05, 3.63) is 60.8 Å². The highest BCUT2D eigenvalue weighted by Crippen LogP contribution is 2.15. The third-order valence-corrected chi connectivity index (χ3v) is 9.30. The first kappa shape index (κ1) is 49.6. The minimum absolute atomic E-state index is 0.1000. The standard InChI is InChI=1S/C47H82O5/c1-3-5-7-9-11-13-15-17-19-20-21-22-23-24-25-26-28-30-32-34-36-38-40-42-47(50)52-45(43-48)44-51-46(49)41-39-37-35-33-31-29-27-18-16-14-12-10-8-6-4-2/h6,8,12,14,18,27,31,33-34,36,45,48H,3-5,7,9-11,13,15-17,19-26,28-30,32,35,37-44H2,1-2H3/b8-6+,14-12+,27-18+,33-31+,36-34+/t45-/m0/s1. The van der Waals surface area contributed by atoms with Gasteiger partial charge in [-0.25, -0.2) is 0 Å². The Balaban J connectivity index is 3.59. The average molecular weight is 727 g/mol. The molecule has 52 heavy (non-hydrogen) atoms. The Kier molecular flexibility index (Phi) is 41.0. The van der Waals surface area contributed by atoms with Crippen molar-refractivity contribution in [1.29, 1.82) is 0 Å². The van der Waals surface area contributed by atoms with Crippen molar-refractivity contribution in [2.45, 2.75) is 213 Å². The van der Waals surface area contributed by atoms with Gasteiger partial charge in [0, 0.05) is 12.8 Å². The molecule has 0 aromatic rings. The quantitative estimate of drug-likeness (QED) is 0.0388. The highest BCUT2D eigenvalue weighted by Gasteiger charge is 2.15. The molecule has 5 nitrogen and oxygen atoms in total. The van der Waals surface area contributed by atoms with Gasteiger partial charge in [0.15, 0.2) is 6.10 Å². The molecule has 0 bridgehead atoms. The number of ether oxygens (including phenoxy) is 2. The first-order chi connectivity index (χ1) is 25.6. The molecule has 0 aliphatic carbocycles. The van der Waals surface area contributed by atoms with Crippen LogP contribution in [0.2, 0.25) is 0 Å². The minimum atomic E-state index is -0.805. The molecule has 0 rings (SSSR count). The highest BCUT2D eigenvalue weighted by atomic mass is 16.6. The fourth-order valence-corrected chi connectivity index (χ4v) is 6.02. The summed E-state index contributed by atoms with van der Waals surface area (Å²) in [7, 11) is 0. The Bertz CT molecular complexity index is 915. The predicted octanol–water partition coefficient (Wildman–Crippen LogP) is 14.0. The van der Waals surface area contributed by atoms with Gasteiger partial charge in [-0.05, 0) is 70.6 Å². The Morgan fingerprint density at radius 1 is 0.462 bits per heavy atom. The van der Waals surface area contributed by atoms with Gasteiger partial charge in [0.25, 0.3) is 0 Å². The van der Waals surface area contributed by atoms with Crippen LogP contribution in [0.25, 0.3) is 0 Å². The zero-order valence-electron chi connectivity index (χ0n) is 34.1. The largest absolute Gasteiger partial charge is 0.462 e. The van der Waals surface area contributed by atoms with Gasteiger partial charge in [-0.3, -0.25) is 9.59 Å². The number of hydrogen-bond acceptors (Lipinski definition) is 5. The molecule has 0 radical (unpaired) electrons. The number of allylic oxidation sites excluding steroid dienone is 10. The van der Waals surface area contributed by atoms with Gasteiger partial charge >= 0.3 is 11.9 Å². The van der Waals surface area contributed by atoms with Crippen molar-refractivity contribution < 1.29 is 24.2 Å². The van der Waals surface area contributed by atoms with Gasteiger partial charge < -0.3 is 14.6 Å². The second-order valence-electron chi connectivity index (χ2n) is 14.4. The van der Waals surface area contributed by atoms with Gasteiger partial charge in [-0.2, -0.15) is 0 Å². The predicted molar refractivity (Wildman–Crippen MR) is 223 cm³/mol. The molecule has 0 amide bonds. The van der Waals surface area contributed by atoms with Gasteiger partial charge in [-0.15, -0.1) is 0 Å². The lowest BCUT2D eigenvalue weighted by Gasteiger charge is -2.15. The van der Waals surface area contributed by atoms with E-state index in [-0.39, 0.29) is 25.2 Å². The molecule has 300 valence electrons. The molecule has 0 aliphatic rings. The summed E-state index contributed by atoms with van der Waals surface area (Å²) in [5.74, 6) is -0.676. The molecular weight excluding hydrogens is 645 g/mol. The van der Waals surface area contributed by atoms with Gasteiger partial charge in [-0.1, -0.05) is 184 Å². The van der Waals surface area contributed by atoms with Crippen molar-refractivity contribution in [3.63, 3.8) is 0 Å². The fraction of sp³-hybridized carbons (Fsp3) is 0.745. The van der Waals surface area contributed by atoms with Crippen LogP contribution in [0.4, 0.5) is 0 Å². The van der Waals surface area contributed by atoms with Crippen LogP contribution in [-0.4, -0.2) is 36.4 Å². The molecule has 0 heterocycles. The van der Waals surface area contributed by atoms with Crippen LogP contribution in [-0.2, 0) is 19.1 Å². The molecule has 1 atom stereocenters. The lowest BCUT2D eigenvalue weighted by molar-refractivity contribution is -0.161. The smallest absolute Gasteiger partial charge is 0.306 e. The maximum absolute atomic E-state index is 12.2. The molecule has 0 aromatic heterocycles. The van der Waals surface area contributed by atoms with E-state index in [4.69, 9.17) is 9.47 Å². The number of carbonyl (C=O) groups is 2. The van der Waals surface area contributed by atoms with E-state index in [1.165, 1.54) is 116 Å². The Morgan fingerprint density at radius 3 is 1.33 bits per heavy atom. The molecule has 0 saturated heterocycles. The van der Waals surface area contributed by atoms with Crippen LogP contribution >= 0.6 is 0 Å². The van der Waals surface area contributed by atoms with Crippen LogP contribution in [0.3, 0.4) is 0 Å². The lowest BCUT2D eigenvalue weighted by atomic mass is 10.0. The van der Waals surface area contributed by atoms with Crippen molar-refractivity contribution in [2.24, 2.45) is 0 Å². The summed E-state index contributed by atoms with van der Waals surface area (Å²) < 4.78 is 10.6. The fourth-order valence-electron chi connectivity index (χ4n) is 6.02. The van der Waals surface area contributed by atoms with Gasteiger partial charge in [0.1, 0.15) is 6.61 Å². The molecule has 0 saturated carbocycles. The Morgan fingerprint density at radius 2 is 0.846 bits per heavy atom. The van der Waals surface area contributed by atoms with Crippen molar-refractivity contribution in [3.8, 4) is 0 Å². The van der Waals surface area contributed by atoms with E-state index >= 15 is 0 Å². The molecule has 0 unspecified atom stereocenters. The van der Waals surface area contributed by atoms with Crippen LogP contribution in [0.15, 0.2) is 60.8 Å². The van der Waals surface area contributed by atoms with E-state index in [9.17, 15) is 14.7 Å². The number of rotatable bonds is 39. The zero-order chi connectivity index (χ0) is 37.8. The first-order valence-electron chi connectivity index (χ1n) is 21.8. The van der Waals surface area contributed by atoms with E-state index in [0.29, 0.717) is 19.3 Å². The molecule has 0 spiro atoms. The third-order valence-electron chi connectivity index (χ3n) is 9.30. The highest BCUT2D eigenvalue weighted by molar-refractivity contribution is 5.70. The summed E-state index contributed by atoms with van der Waals surface area (Å²) in [5, 5.41) is 9.56. The number of carbonyl (C=O) groups excluding carboxylic acids is 2. The van der Waals surface area contributed by atoms with E-state index in [2.05, 4.69) is 74.6 Å². The number of esters is 2. The van der Waals surface area contributed by atoms with Crippen LogP contribution < -0.4 is 0 Å². The van der Waals surface area contributed by atoms with E-state index in [1.54, 1.807) is 0 Å². The summed E-state index contributed by atoms with van der Waals surface area (Å²) in [4.78, 5) is 24.3. The molecular formula is C47H82O5. The van der Waals surface area contributed by atoms with Crippen LogP contribution in [0, 0.1) is 0 Å². The Hall–Kier alpha value is -2.40. The van der Waals surface area contributed by atoms with Crippen molar-refractivity contribution in [2.75, 3.05) is 13.2 Å². The van der Waals surface area contributed by atoms with Crippen LogP contribution in [0.5, 0.6) is 0 Å². The summed E-state index contributed by atoms with van der Waals surface area (Å²) in [6, 6.07) is 0. The third kappa shape index (κ3) is 40.4. The summed E-state index contributed by atoms with van der Waals surface area (Å²) >= 11 is 0. The van der Waals surface area contributed by atoms with Gasteiger partial charge in [0.2, 0.25) is 0 Å². The lowest BCUT2D eigenvalue weighted by Crippen LogP contribution is -2.28. The van der Waals surface area contributed by atoms with E-state index in [0.717, 1.165) is 57.8 Å². The average Bonchev–Trinajstić information content (AvgIpc) is 3.15. The number of hydrogen-bond donors (Lipinski definition) is 1. The van der Waals surface area contributed by atoms with Crippen molar-refractivity contribution in [1.82, 2.24) is 0 Å². The van der Waals surface area contributed by atoms with Crippen molar-refractivity contribution >= 4 is 11.9 Å². The van der Waals surface area contributed by atoms with Crippen LogP contribution in [0.1, 0.15) is 206 Å².